The second kappa shape index (κ2) is 33.2. The van der Waals surface area contributed by atoms with E-state index in [0.717, 1.165) is 38.5 Å². The first-order valence-corrected chi connectivity index (χ1v) is 47.3. The minimum Gasteiger partial charge on any atom is -0.0654 e. The van der Waals surface area contributed by atoms with Gasteiger partial charge in [0.15, 0.2) is 0 Å². The summed E-state index contributed by atoms with van der Waals surface area (Å²) in [6.45, 7) is 14.1. The first-order chi connectivity index (χ1) is 56.5. The van der Waals surface area contributed by atoms with E-state index in [-0.39, 0.29) is 0 Å². The largest absolute Gasteiger partial charge is 0.0654 e. The van der Waals surface area contributed by atoms with Gasteiger partial charge < -0.3 is 0 Å². The van der Waals surface area contributed by atoms with Crippen molar-refractivity contribution in [1.29, 1.82) is 0 Å². The van der Waals surface area contributed by atoms with Crippen molar-refractivity contribution in [1.82, 2.24) is 0 Å². The van der Waals surface area contributed by atoms with Crippen LogP contribution in [-0.4, -0.2) is 0 Å². The van der Waals surface area contributed by atoms with Gasteiger partial charge in [0.05, 0.1) is 0 Å². The third-order valence-corrected chi connectivity index (χ3v) is 29.0. The molecule has 0 spiro atoms. The number of hydrogen-bond acceptors (Lipinski definition) is 0. The number of fused-ring (bicyclic) bond motifs is 24. The van der Waals surface area contributed by atoms with Crippen LogP contribution in [0.1, 0.15) is 306 Å². The van der Waals surface area contributed by atoms with Crippen molar-refractivity contribution in [3.63, 3.8) is 0 Å². The zero-order valence-corrected chi connectivity index (χ0v) is 70.6. The number of aryl methyl sites for hydroxylation is 6. The number of rotatable bonds is 42. The standard InChI is InChI=1S/C114H126/c1-7-13-19-25-31-37-43-73-49-61-79-80(62-50-73)92-94-82-64-52-75(45-39-33-27-21-15-9-3)54-66-84(82)96-98-86-68-56-77(47-41-35-29-23-17-11-5)58-70-88(86)100-102-90-72-60-78(48-42-36-30-24-18-12-6)59-71-89(90)101-99-87-69-57-76(46-40-34-28-22-16-10-4)55-67-85(87)97-95-83-65-53-74(44-38-32-26-20-14-8-2)51-63-81(83)93-91(79)103(92)109-110(104(93)95)112(106(97)99)114(108(101)102)113(107(98)100)111(109)105(94)96/h49-72H,7-48H2,1-6H3. The molecule has 0 saturated carbocycles. The molecule has 19 aromatic rings. The molecule has 114 heavy (non-hydrogen) atoms. The highest BCUT2D eigenvalue weighted by atomic mass is 14.4. The van der Waals surface area contributed by atoms with Gasteiger partial charge in [-0.2, -0.15) is 0 Å². The van der Waals surface area contributed by atoms with Crippen molar-refractivity contribution in [3.05, 3.63) is 179 Å². The Balaban J connectivity index is 1.01. The molecule has 0 aliphatic rings. The van der Waals surface area contributed by atoms with Crippen LogP contribution in [0.25, 0.3) is 194 Å². The fourth-order valence-corrected chi connectivity index (χ4v) is 23.2. The molecule has 0 bridgehead atoms. The Morgan fingerprint density at radius 3 is 0.316 bits per heavy atom. The monoisotopic (exact) mass is 1490 g/mol. The molecule has 0 aliphatic heterocycles. The van der Waals surface area contributed by atoms with E-state index < -0.39 is 0 Å². The third kappa shape index (κ3) is 12.8. The topological polar surface area (TPSA) is 0 Å². The number of hydrogen-bond donors (Lipinski definition) is 0. The molecule has 19 aromatic carbocycles. The molecule has 0 amide bonds. The van der Waals surface area contributed by atoms with Crippen molar-refractivity contribution >= 4 is 194 Å². The summed E-state index contributed by atoms with van der Waals surface area (Å²) in [4.78, 5) is 0. The average Bonchev–Trinajstić information content (AvgIpc) is 1.44. The van der Waals surface area contributed by atoms with Crippen LogP contribution in [-0.2, 0) is 38.5 Å². The highest BCUT2D eigenvalue weighted by molar-refractivity contribution is 6.70. The SMILES string of the molecule is CCCCCCCCc1ccc2c(cc1)c1c3c4ccc(CCCCCCCC)ccc4c4c5c6ccc(CCCCCCCC)ccc6c6c7c8ccc(CCCCCCCC)ccc8c8c9c%10ccc(CCCCCCCC)ccc%10c%10c%11c%12ccc(CCCCCCCC)ccc%12c%12c2c1c1c(c%12%11)c(c%109)c(c87)c(c56)c1c34. The van der Waals surface area contributed by atoms with E-state index in [1.165, 1.54) is 458 Å². The fraction of sp³-hybridized carbons (Fsp3) is 0.421. The van der Waals surface area contributed by atoms with Gasteiger partial charge in [-0.3, -0.25) is 0 Å². The molecular formula is C114H126. The Kier molecular flexibility index (Phi) is 22.0. The van der Waals surface area contributed by atoms with Gasteiger partial charge in [0, 0.05) is 0 Å². The molecule has 582 valence electrons. The predicted octanol–water partition coefficient (Wildman–Crippen LogP) is 36.5. The maximum absolute atomic E-state index is 2.66. The second-order valence-electron chi connectivity index (χ2n) is 36.5. The van der Waals surface area contributed by atoms with Gasteiger partial charge >= 0.3 is 0 Å². The summed E-state index contributed by atoms with van der Waals surface area (Å²) in [7, 11) is 0. The highest BCUT2D eigenvalue weighted by Gasteiger charge is 2.38. The molecular weight excluding hydrogens is 1370 g/mol. The molecule has 0 fully saturated rings. The van der Waals surface area contributed by atoms with Gasteiger partial charge in [-0.15, -0.1) is 0 Å². The molecule has 0 unspecified atom stereocenters. The highest BCUT2D eigenvalue weighted by Crippen LogP contribution is 2.68. The molecule has 0 heteroatoms. The van der Waals surface area contributed by atoms with E-state index in [9.17, 15) is 0 Å². The Bertz CT molecular complexity index is 5280. The van der Waals surface area contributed by atoms with Gasteiger partial charge in [0.2, 0.25) is 0 Å². The van der Waals surface area contributed by atoms with E-state index in [1.807, 2.05) is 0 Å². The van der Waals surface area contributed by atoms with Crippen LogP contribution in [0.3, 0.4) is 0 Å². The van der Waals surface area contributed by atoms with E-state index in [0.29, 0.717) is 0 Å². The van der Waals surface area contributed by atoms with Gasteiger partial charge in [-0.1, -0.05) is 380 Å². The Morgan fingerprint density at radius 1 is 0.105 bits per heavy atom. The molecule has 0 saturated heterocycles. The zero-order valence-electron chi connectivity index (χ0n) is 70.6. The average molecular weight is 1500 g/mol. The molecule has 0 nitrogen and oxygen atoms in total. The summed E-state index contributed by atoms with van der Waals surface area (Å²) in [5.41, 5.74) is 8.83. The smallest absolute Gasteiger partial charge is 0.000000767 e. The Labute approximate surface area is 679 Å². The lowest BCUT2D eigenvalue weighted by molar-refractivity contribution is 0.607. The minimum atomic E-state index is 1.11. The Hall–Kier alpha value is -8.58. The summed E-state index contributed by atoms with van der Waals surface area (Å²) < 4.78 is 0. The normalized spacial score (nSPS) is 12.9. The van der Waals surface area contributed by atoms with Crippen molar-refractivity contribution in [2.45, 2.75) is 311 Å². The van der Waals surface area contributed by atoms with Crippen molar-refractivity contribution in [2.75, 3.05) is 0 Å². The quantitative estimate of drug-likeness (QED) is 0.0203. The lowest BCUT2D eigenvalue weighted by Gasteiger charge is -2.24. The van der Waals surface area contributed by atoms with Crippen LogP contribution >= 0.6 is 0 Å². The van der Waals surface area contributed by atoms with Crippen molar-refractivity contribution in [3.8, 4) is 0 Å². The van der Waals surface area contributed by atoms with E-state index in [2.05, 4.69) is 187 Å². The molecule has 0 aliphatic carbocycles. The molecule has 19 rings (SSSR count). The molecule has 0 N–H and O–H groups in total. The third-order valence-electron chi connectivity index (χ3n) is 29.0. The molecule has 0 radical (unpaired) electrons. The van der Waals surface area contributed by atoms with Gasteiger partial charge in [0.25, 0.3) is 0 Å². The van der Waals surface area contributed by atoms with Crippen LogP contribution in [0.15, 0.2) is 146 Å². The van der Waals surface area contributed by atoms with Gasteiger partial charge in [0.1, 0.15) is 0 Å². The van der Waals surface area contributed by atoms with E-state index >= 15 is 0 Å². The van der Waals surface area contributed by atoms with Crippen molar-refractivity contribution in [2.24, 2.45) is 0 Å². The summed E-state index contributed by atoms with van der Waals surface area (Å²) in [6.07, 6.45) is 53.7. The van der Waals surface area contributed by atoms with E-state index in [4.69, 9.17) is 0 Å². The maximum atomic E-state index is 2.66. The molecule has 0 heterocycles. The maximum Gasteiger partial charge on any atom is -0.000000767 e. The molecule has 0 aromatic heterocycles. The van der Waals surface area contributed by atoms with Crippen LogP contribution in [0.2, 0.25) is 0 Å². The summed E-state index contributed by atoms with van der Waals surface area (Å²) in [6, 6.07) is 63.1. The number of benzene rings is 7. The van der Waals surface area contributed by atoms with Crippen LogP contribution in [0.5, 0.6) is 0 Å². The van der Waals surface area contributed by atoms with Crippen LogP contribution < -0.4 is 0 Å². The fourth-order valence-electron chi connectivity index (χ4n) is 23.2. The summed E-state index contributed by atoms with van der Waals surface area (Å²) >= 11 is 0. The van der Waals surface area contributed by atoms with Crippen molar-refractivity contribution < 1.29 is 0 Å². The van der Waals surface area contributed by atoms with E-state index in [1.54, 1.807) is 0 Å². The summed E-state index contributed by atoms with van der Waals surface area (Å²) in [5, 5.41) is 53.3. The van der Waals surface area contributed by atoms with Crippen LogP contribution in [0.4, 0.5) is 0 Å². The van der Waals surface area contributed by atoms with Gasteiger partial charge in [-0.25, -0.2) is 0 Å². The first-order valence-electron chi connectivity index (χ1n) is 47.3. The lowest BCUT2D eigenvalue weighted by atomic mass is 9.77. The minimum absolute atomic E-state index is 1.11. The second-order valence-corrected chi connectivity index (χ2v) is 36.5. The van der Waals surface area contributed by atoms with Gasteiger partial charge in [-0.05, 0) is 304 Å². The van der Waals surface area contributed by atoms with Crippen LogP contribution in [0, 0.1) is 0 Å². The zero-order chi connectivity index (χ0) is 76.9. The summed E-state index contributed by atoms with van der Waals surface area (Å²) in [5.74, 6) is 0. The molecule has 0 atom stereocenters. The number of unbranched alkanes of at least 4 members (excludes halogenated alkanes) is 30. The first kappa shape index (κ1) is 75.5. The Morgan fingerprint density at radius 2 is 0.202 bits per heavy atom. The predicted molar refractivity (Wildman–Crippen MR) is 511 cm³/mol. The lowest BCUT2D eigenvalue weighted by Crippen LogP contribution is -1.94.